The molecule has 0 saturated carbocycles. The third-order valence-corrected chi connectivity index (χ3v) is 6.03. The summed E-state index contributed by atoms with van der Waals surface area (Å²) in [7, 11) is 0. The summed E-state index contributed by atoms with van der Waals surface area (Å²) in [6, 6.07) is 7.44. The summed E-state index contributed by atoms with van der Waals surface area (Å²) in [5.41, 5.74) is 3.81. The fourth-order valence-electron chi connectivity index (χ4n) is 4.04. The minimum atomic E-state index is -0.991. The molecule has 1 aromatic rings. The molecule has 1 aliphatic rings. The monoisotopic (exact) mass is 511 g/mol. The first kappa shape index (κ1) is 31.7. The summed E-state index contributed by atoms with van der Waals surface area (Å²) in [6.45, 7) is 13.6. The van der Waals surface area contributed by atoms with Crippen LogP contribution in [-0.2, 0) is 16.1 Å². The van der Waals surface area contributed by atoms with Crippen LogP contribution in [0.3, 0.4) is 0 Å². The van der Waals surface area contributed by atoms with Gasteiger partial charge in [-0.2, -0.15) is 0 Å². The summed E-state index contributed by atoms with van der Waals surface area (Å²) >= 11 is 0. The van der Waals surface area contributed by atoms with Crippen LogP contribution in [0.25, 0.3) is 0 Å². The second kappa shape index (κ2) is 18.0. The van der Waals surface area contributed by atoms with Gasteiger partial charge in [-0.1, -0.05) is 77.3 Å². The molecule has 1 aromatic carbocycles. The molecule has 0 atom stereocenters. The number of hydrogen-bond acceptors (Lipinski definition) is 3. The van der Waals surface area contributed by atoms with Crippen LogP contribution < -0.4 is 10.2 Å². The Balaban J connectivity index is 0.00000334. The van der Waals surface area contributed by atoms with Crippen molar-refractivity contribution in [3.8, 4) is 0 Å². The molecule has 0 aromatic heterocycles. The van der Waals surface area contributed by atoms with Crippen molar-refractivity contribution in [2.45, 2.75) is 85.6 Å². The molecule has 2 N–H and O–H groups in total. The molecule has 0 unspecified atom stereocenters. The van der Waals surface area contributed by atoms with Crippen LogP contribution in [0.4, 0.5) is 10.5 Å². The van der Waals surface area contributed by atoms with Crippen LogP contribution in [0.5, 0.6) is 0 Å². The Morgan fingerprint density at radius 2 is 1.70 bits per heavy atom. The van der Waals surface area contributed by atoms with Gasteiger partial charge in [0.05, 0.1) is 6.42 Å². The van der Waals surface area contributed by atoms with Crippen LogP contribution in [0.2, 0.25) is 0 Å². The molecule has 1 aliphatic heterocycles. The molecular formula is C30H45N3O4. The second-order valence-corrected chi connectivity index (χ2v) is 8.85. The van der Waals surface area contributed by atoms with Gasteiger partial charge >= 0.3 is 12.0 Å². The first-order valence-electron chi connectivity index (χ1n) is 13.5. The van der Waals surface area contributed by atoms with Gasteiger partial charge in [0.1, 0.15) is 0 Å². The van der Waals surface area contributed by atoms with Crippen molar-refractivity contribution < 1.29 is 19.5 Å². The Morgan fingerprint density at radius 1 is 1.03 bits per heavy atom. The smallest absolute Gasteiger partial charge is 0.328 e. The number of aliphatic carboxylic acids is 1. The molecule has 1 saturated heterocycles. The molecule has 0 bridgehead atoms. The lowest BCUT2D eigenvalue weighted by atomic mass is 10.0. The molecule has 3 amide bonds. The molecule has 2 rings (SSSR count). The summed E-state index contributed by atoms with van der Waals surface area (Å²) in [6.07, 6.45) is 12.8. The average molecular weight is 512 g/mol. The molecule has 7 heteroatoms. The maximum atomic E-state index is 13.1. The molecule has 1 fully saturated rings. The Labute approximate surface area is 222 Å². The Kier molecular flexibility index (Phi) is 15.4. The summed E-state index contributed by atoms with van der Waals surface area (Å²) < 4.78 is 0. The maximum absolute atomic E-state index is 13.1. The van der Waals surface area contributed by atoms with Crippen molar-refractivity contribution in [1.82, 2.24) is 10.2 Å². The number of carbonyl (C=O) groups is 3. The quantitative estimate of drug-likeness (QED) is 0.200. The van der Waals surface area contributed by atoms with Crippen molar-refractivity contribution >= 4 is 23.6 Å². The standard InChI is InChI=1S/C28H39N3O4.C2H6/c1-4-6-7-8-9-11-23(10-5-2)20-22(3)30-18-19-31(28(30)35)25-14-12-24(13-15-25)21-29-26(32)16-17-27(33)34;1-2/h5,10,12-15,20H,2,4,6-9,11,16-19,21H2,1,3H3,(H,29,32)(H,33,34);1-2H3/b22-20+,23-10-;. The summed E-state index contributed by atoms with van der Waals surface area (Å²) in [5, 5.41) is 11.4. The van der Waals surface area contributed by atoms with Gasteiger partial charge in [-0.15, -0.1) is 0 Å². The summed E-state index contributed by atoms with van der Waals surface area (Å²) in [5.74, 6) is -1.29. The number of nitrogens with zero attached hydrogens (tertiary/aromatic N) is 2. The van der Waals surface area contributed by atoms with E-state index in [1.165, 1.54) is 31.3 Å². The third kappa shape index (κ3) is 11.5. The predicted octanol–water partition coefficient (Wildman–Crippen LogP) is 6.81. The molecule has 204 valence electrons. The number of carboxylic acid groups (broad SMARTS) is 1. The van der Waals surface area contributed by atoms with Crippen molar-refractivity contribution in [2.75, 3.05) is 18.0 Å². The van der Waals surface area contributed by atoms with E-state index >= 15 is 0 Å². The fraction of sp³-hybridized carbons (Fsp3) is 0.500. The number of anilines is 1. The topological polar surface area (TPSA) is 89.9 Å². The van der Waals surface area contributed by atoms with Gasteiger partial charge in [-0.05, 0) is 49.1 Å². The molecule has 0 aliphatic carbocycles. The van der Waals surface area contributed by atoms with E-state index in [1.807, 2.05) is 56.0 Å². The molecule has 37 heavy (non-hydrogen) atoms. The fourth-order valence-corrected chi connectivity index (χ4v) is 4.04. The Bertz CT molecular complexity index is 935. The van der Waals surface area contributed by atoms with E-state index in [-0.39, 0.29) is 24.8 Å². The average Bonchev–Trinajstić information content (AvgIpc) is 3.28. The van der Waals surface area contributed by atoms with Crippen LogP contribution in [0.1, 0.15) is 84.6 Å². The molecular weight excluding hydrogens is 466 g/mol. The number of carboxylic acids is 1. The van der Waals surface area contributed by atoms with E-state index in [0.717, 1.165) is 29.8 Å². The van der Waals surface area contributed by atoms with E-state index in [2.05, 4.69) is 24.9 Å². The number of unbranched alkanes of at least 4 members (excludes halogenated alkanes) is 4. The van der Waals surface area contributed by atoms with Crippen molar-refractivity contribution in [3.63, 3.8) is 0 Å². The van der Waals surface area contributed by atoms with Gasteiger partial charge < -0.3 is 10.4 Å². The largest absolute Gasteiger partial charge is 0.481 e. The number of hydrogen-bond donors (Lipinski definition) is 2. The van der Waals surface area contributed by atoms with E-state index in [9.17, 15) is 14.4 Å². The van der Waals surface area contributed by atoms with Gasteiger partial charge in [0.2, 0.25) is 5.91 Å². The zero-order valence-corrected chi connectivity index (χ0v) is 23.1. The van der Waals surface area contributed by atoms with Crippen molar-refractivity contribution in [3.05, 3.63) is 65.9 Å². The van der Waals surface area contributed by atoms with E-state index in [4.69, 9.17) is 5.11 Å². The highest BCUT2D eigenvalue weighted by Crippen LogP contribution is 2.24. The zero-order valence-electron chi connectivity index (χ0n) is 23.1. The van der Waals surface area contributed by atoms with E-state index < -0.39 is 5.97 Å². The first-order chi connectivity index (χ1) is 17.8. The number of urea groups is 1. The highest BCUT2D eigenvalue weighted by atomic mass is 16.4. The van der Waals surface area contributed by atoms with Crippen LogP contribution in [0.15, 0.2) is 60.3 Å². The molecule has 0 radical (unpaired) electrons. The first-order valence-corrected chi connectivity index (χ1v) is 13.5. The van der Waals surface area contributed by atoms with E-state index in [0.29, 0.717) is 19.6 Å². The van der Waals surface area contributed by atoms with Crippen molar-refractivity contribution in [2.24, 2.45) is 0 Å². The molecule has 1 heterocycles. The van der Waals surface area contributed by atoms with Crippen LogP contribution in [0, 0.1) is 0 Å². The lowest BCUT2D eigenvalue weighted by Gasteiger charge is -2.20. The number of nitrogens with one attached hydrogen (secondary N) is 1. The van der Waals surface area contributed by atoms with Crippen LogP contribution in [-0.4, -0.2) is 41.0 Å². The Hall–Kier alpha value is -3.35. The Morgan fingerprint density at radius 3 is 2.32 bits per heavy atom. The summed E-state index contributed by atoms with van der Waals surface area (Å²) in [4.78, 5) is 39.0. The molecule has 0 spiro atoms. The SMILES string of the molecule is C=C/C=C(\C=C(/C)N1CCN(c2ccc(CNC(=O)CCC(=O)O)cc2)C1=O)CCCCCCC.CC. The third-order valence-electron chi connectivity index (χ3n) is 6.03. The number of rotatable bonds is 15. The number of benzene rings is 1. The molecule has 7 nitrogen and oxygen atoms in total. The van der Waals surface area contributed by atoms with E-state index in [1.54, 1.807) is 11.0 Å². The number of carbonyl (C=O) groups excluding carboxylic acids is 2. The van der Waals surface area contributed by atoms with Crippen LogP contribution >= 0.6 is 0 Å². The maximum Gasteiger partial charge on any atom is 0.328 e. The number of allylic oxidation sites excluding steroid dienone is 5. The van der Waals surface area contributed by atoms with Gasteiger partial charge in [-0.3, -0.25) is 19.4 Å². The van der Waals surface area contributed by atoms with Crippen molar-refractivity contribution in [1.29, 1.82) is 0 Å². The minimum absolute atomic E-state index is 0.0407. The van der Waals surface area contributed by atoms with Gasteiger partial charge in [0, 0.05) is 37.4 Å². The highest BCUT2D eigenvalue weighted by Gasteiger charge is 2.30. The number of amides is 3. The van der Waals surface area contributed by atoms with Gasteiger partial charge in [-0.25, -0.2) is 4.79 Å². The zero-order chi connectivity index (χ0) is 27.6. The van der Waals surface area contributed by atoms with Gasteiger partial charge in [0.25, 0.3) is 0 Å². The normalized spacial score (nSPS) is 13.8. The lowest BCUT2D eigenvalue weighted by molar-refractivity contribution is -0.138. The second-order valence-electron chi connectivity index (χ2n) is 8.85. The minimum Gasteiger partial charge on any atom is -0.481 e. The lowest BCUT2D eigenvalue weighted by Crippen LogP contribution is -2.30. The van der Waals surface area contributed by atoms with Gasteiger partial charge in [0.15, 0.2) is 0 Å². The highest BCUT2D eigenvalue weighted by molar-refractivity contribution is 5.95. The predicted molar refractivity (Wildman–Crippen MR) is 151 cm³/mol.